The van der Waals surface area contributed by atoms with Crippen LogP contribution in [-0.4, -0.2) is 11.2 Å². The highest BCUT2D eigenvalue weighted by atomic mass is 79.9. The van der Waals surface area contributed by atoms with Gasteiger partial charge in [-0.1, -0.05) is 69.1 Å². The molecule has 134 valence electrons. The van der Waals surface area contributed by atoms with Crippen LogP contribution in [0.15, 0.2) is 57.5 Å². The predicted octanol–water partition coefficient (Wildman–Crippen LogP) is 6.03. The van der Waals surface area contributed by atoms with Crippen LogP contribution in [0.4, 0.5) is 10.5 Å². The van der Waals surface area contributed by atoms with E-state index in [-0.39, 0.29) is 0 Å². The second kappa shape index (κ2) is 7.74. The van der Waals surface area contributed by atoms with Gasteiger partial charge in [-0.3, -0.25) is 5.32 Å². The maximum Gasteiger partial charge on any atom is 0.412 e. The molecule has 2 aromatic carbocycles. The third-order valence-electron chi connectivity index (χ3n) is 4.03. The van der Waals surface area contributed by atoms with Crippen LogP contribution in [0.5, 0.6) is 0 Å². The zero-order valence-corrected chi connectivity index (χ0v) is 16.3. The number of hydrogen-bond donors (Lipinski definition) is 1. The Labute approximate surface area is 160 Å². The third kappa shape index (κ3) is 3.96. The van der Waals surface area contributed by atoms with Gasteiger partial charge >= 0.3 is 6.09 Å². The van der Waals surface area contributed by atoms with Crippen molar-refractivity contribution in [2.24, 2.45) is 0 Å². The molecule has 1 atom stereocenters. The molecule has 0 bridgehead atoms. The summed E-state index contributed by atoms with van der Waals surface area (Å²) >= 11 is 3.47. The van der Waals surface area contributed by atoms with Gasteiger partial charge in [0.15, 0.2) is 5.76 Å². The van der Waals surface area contributed by atoms with Gasteiger partial charge in [-0.05, 0) is 26.8 Å². The van der Waals surface area contributed by atoms with E-state index in [2.05, 4.69) is 26.4 Å². The van der Waals surface area contributed by atoms with Crippen molar-refractivity contribution in [2.75, 3.05) is 5.32 Å². The van der Waals surface area contributed by atoms with Crippen molar-refractivity contribution in [3.05, 3.63) is 69.8 Å². The summed E-state index contributed by atoms with van der Waals surface area (Å²) in [5.41, 5.74) is 3.97. The molecule has 26 heavy (non-hydrogen) atoms. The number of aryl methyl sites for hydroxylation is 2. The number of halogens is 1. The number of carbonyl (C=O) groups excluding carboxylic acids is 1. The molecule has 1 aromatic heterocycles. The normalized spacial score (nSPS) is 11.8. The largest absolute Gasteiger partial charge is 0.441 e. The molecule has 0 spiro atoms. The molecular formula is C20H19BrN2O3. The van der Waals surface area contributed by atoms with Gasteiger partial charge in [-0.15, -0.1) is 0 Å². The van der Waals surface area contributed by atoms with Gasteiger partial charge in [0.25, 0.3) is 0 Å². The number of aromatic nitrogens is 1. The number of anilines is 1. The zero-order chi connectivity index (χ0) is 18.7. The lowest BCUT2D eigenvalue weighted by molar-refractivity contribution is 0.121. The molecule has 0 aliphatic carbocycles. The Bertz CT molecular complexity index is 919. The van der Waals surface area contributed by atoms with E-state index < -0.39 is 12.2 Å². The van der Waals surface area contributed by atoms with Gasteiger partial charge in [0.1, 0.15) is 17.5 Å². The van der Waals surface area contributed by atoms with Gasteiger partial charge in [0, 0.05) is 15.6 Å². The van der Waals surface area contributed by atoms with Crippen molar-refractivity contribution in [3.63, 3.8) is 0 Å². The first-order valence-corrected chi connectivity index (χ1v) is 9.00. The fourth-order valence-electron chi connectivity index (χ4n) is 2.58. The number of hydrogen-bond acceptors (Lipinski definition) is 4. The summed E-state index contributed by atoms with van der Waals surface area (Å²) in [6.45, 7) is 5.60. The summed E-state index contributed by atoms with van der Waals surface area (Å²) in [6.07, 6.45) is -0.971. The molecule has 3 aromatic rings. The molecule has 3 rings (SSSR count). The molecule has 1 N–H and O–H groups in total. The highest BCUT2D eigenvalue weighted by Gasteiger charge is 2.20. The van der Waals surface area contributed by atoms with Crippen LogP contribution in [0.1, 0.15) is 29.8 Å². The van der Waals surface area contributed by atoms with E-state index in [1.807, 2.05) is 62.4 Å². The van der Waals surface area contributed by atoms with Gasteiger partial charge in [-0.2, -0.15) is 0 Å². The Morgan fingerprint density at radius 2 is 1.85 bits per heavy atom. The number of ether oxygens (including phenoxy) is 1. The smallest absolute Gasteiger partial charge is 0.412 e. The molecule has 0 radical (unpaired) electrons. The molecule has 0 saturated carbocycles. The van der Waals surface area contributed by atoms with Crippen molar-refractivity contribution in [3.8, 4) is 11.3 Å². The summed E-state index contributed by atoms with van der Waals surface area (Å²) in [5.74, 6) is 0.507. The highest BCUT2D eigenvalue weighted by molar-refractivity contribution is 9.10. The van der Waals surface area contributed by atoms with Crippen LogP contribution >= 0.6 is 15.9 Å². The van der Waals surface area contributed by atoms with E-state index in [9.17, 15) is 4.79 Å². The Morgan fingerprint density at radius 3 is 2.54 bits per heavy atom. The Morgan fingerprint density at radius 1 is 1.15 bits per heavy atom. The highest BCUT2D eigenvalue weighted by Crippen LogP contribution is 2.32. The maximum atomic E-state index is 12.4. The number of nitrogens with one attached hydrogen (secondary N) is 1. The van der Waals surface area contributed by atoms with Crippen LogP contribution in [-0.2, 0) is 4.74 Å². The first-order valence-electron chi connectivity index (χ1n) is 8.21. The topological polar surface area (TPSA) is 64.4 Å². The van der Waals surface area contributed by atoms with Gasteiger partial charge in [0.05, 0.1) is 0 Å². The van der Waals surface area contributed by atoms with E-state index in [4.69, 9.17) is 9.26 Å². The van der Waals surface area contributed by atoms with Gasteiger partial charge in [0.2, 0.25) is 0 Å². The Balaban J connectivity index is 1.77. The zero-order valence-electron chi connectivity index (χ0n) is 14.7. The maximum absolute atomic E-state index is 12.4. The lowest BCUT2D eigenvalue weighted by atomic mass is 10.1. The van der Waals surface area contributed by atoms with E-state index in [0.717, 1.165) is 21.2 Å². The Hall–Kier alpha value is -2.60. The molecule has 1 unspecified atom stereocenters. The van der Waals surface area contributed by atoms with Crippen LogP contribution in [0.25, 0.3) is 11.3 Å². The molecule has 1 amide bonds. The molecule has 1 heterocycles. The molecule has 0 saturated heterocycles. The number of carbonyl (C=O) groups is 1. The summed E-state index contributed by atoms with van der Waals surface area (Å²) in [5, 5.41) is 6.73. The fourth-order valence-corrected chi connectivity index (χ4v) is 3.19. The van der Waals surface area contributed by atoms with Crippen molar-refractivity contribution in [2.45, 2.75) is 26.9 Å². The first-order chi connectivity index (χ1) is 12.5. The van der Waals surface area contributed by atoms with Crippen molar-refractivity contribution in [1.82, 2.24) is 5.16 Å². The van der Waals surface area contributed by atoms with E-state index in [1.54, 1.807) is 6.92 Å². The summed E-state index contributed by atoms with van der Waals surface area (Å²) in [6, 6.07) is 15.4. The lowest BCUT2D eigenvalue weighted by Crippen LogP contribution is -2.17. The Kier molecular flexibility index (Phi) is 5.42. The second-order valence-corrected chi connectivity index (χ2v) is 6.89. The van der Waals surface area contributed by atoms with Crippen LogP contribution in [0, 0.1) is 13.8 Å². The summed E-state index contributed by atoms with van der Waals surface area (Å²) in [4.78, 5) is 12.4. The van der Waals surface area contributed by atoms with Crippen LogP contribution in [0.2, 0.25) is 0 Å². The number of nitrogens with zero attached hydrogens (tertiary/aromatic N) is 1. The number of rotatable bonds is 4. The number of benzene rings is 2. The molecule has 6 heteroatoms. The van der Waals surface area contributed by atoms with Crippen molar-refractivity contribution < 1.29 is 14.1 Å². The minimum absolute atomic E-state index is 0.409. The van der Waals surface area contributed by atoms with Gasteiger partial charge in [-0.25, -0.2) is 4.79 Å². The quantitative estimate of drug-likeness (QED) is 0.565. The van der Waals surface area contributed by atoms with Crippen LogP contribution < -0.4 is 5.32 Å². The lowest BCUT2D eigenvalue weighted by Gasteiger charge is -2.15. The SMILES string of the molecule is Cc1ccc(-c2onc(C)c2NC(=O)OC(C)c2ccccc2Br)cc1. The summed E-state index contributed by atoms with van der Waals surface area (Å²) in [7, 11) is 0. The fraction of sp³-hybridized carbons (Fsp3) is 0.200. The number of amides is 1. The van der Waals surface area contributed by atoms with Gasteiger partial charge < -0.3 is 9.26 Å². The van der Waals surface area contributed by atoms with E-state index >= 15 is 0 Å². The third-order valence-corrected chi connectivity index (χ3v) is 4.75. The molecule has 0 aliphatic heterocycles. The molecule has 0 aliphatic rings. The average molecular weight is 415 g/mol. The monoisotopic (exact) mass is 414 g/mol. The second-order valence-electron chi connectivity index (χ2n) is 6.03. The standard InChI is InChI=1S/C20H19BrN2O3/c1-12-8-10-15(11-9-12)19-18(13(2)23-26-19)22-20(24)25-14(3)16-6-4-5-7-17(16)21/h4-11,14H,1-3H3,(H,22,24). The summed E-state index contributed by atoms with van der Waals surface area (Å²) < 4.78 is 11.8. The van der Waals surface area contributed by atoms with E-state index in [0.29, 0.717) is 17.1 Å². The average Bonchev–Trinajstić information content (AvgIpc) is 2.96. The van der Waals surface area contributed by atoms with Crippen molar-refractivity contribution in [1.29, 1.82) is 0 Å². The molecule has 0 fully saturated rings. The molecule has 5 nitrogen and oxygen atoms in total. The first kappa shape index (κ1) is 18.2. The predicted molar refractivity (Wildman–Crippen MR) is 104 cm³/mol. The van der Waals surface area contributed by atoms with Crippen molar-refractivity contribution >= 4 is 27.7 Å². The van der Waals surface area contributed by atoms with Crippen LogP contribution in [0.3, 0.4) is 0 Å². The minimum Gasteiger partial charge on any atom is -0.441 e. The molecular weight excluding hydrogens is 396 g/mol. The van der Waals surface area contributed by atoms with E-state index in [1.165, 1.54) is 0 Å². The minimum atomic E-state index is -0.562.